The van der Waals surface area contributed by atoms with Gasteiger partial charge in [0.1, 0.15) is 11.5 Å². The molecule has 0 radical (unpaired) electrons. The third kappa shape index (κ3) is 2.94. The highest BCUT2D eigenvalue weighted by molar-refractivity contribution is 7.89. The van der Waals surface area contributed by atoms with Gasteiger partial charge in [0.25, 0.3) is 0 Å². The van der Waals surface area contributed by atoms with Crippen LogP contribution in [-0.2, 0) is 16.6 Å². The van der Waals surface area contributed by atoms with Gasteiger partial charge in [-0.05, 0) is 56.2 Å². The van der Waals surface area contributed by atoms with E-state index in [1.165, 1.54) is 4.31 Å². The van der Waals surface area contributed by atoms with Crippen LogP contribution in [-0.4, -0.2) is 19.8 Å². The fourth-order valence-electron chi connectivity index (χ4n) is 1.93. The number of nitrogens with zero attached hydrogens (tertiary/aromatic N) is 1. The van der Waals surface area contributed by atoms with Gasteiger partial charge in [0.2, 0.25) is 10.0 Å². The van der Waals surface area contributed by atoms with E-state index in [1.54, 1.807) is 25.2 Å². The molecule has 0 spiro atoms. The topological polar surface area (TPSA) is 50.5 Å². The number of benzene rings is 1. The fraction of sp³-hybridized carbons (Fsp3) is 0.333. The fourth-order valence-corrected chi connectivity index (χ4v) is 3.15. The lowest BCUT2D eigenvalue weighted by Crippen LogP contribution is -2.26. The van der Waals surface area contributed by atoms with Crippen LogP contribution in [0.1, 0.15) is 22.6 Å². The average Bonchev–Trinajstić information content (AvgIpc) is 2.78. The van der Waals surface area contributed by atoms with E-state index in [2.05, 4.69) is 0 Å². The summed E-state index contributed by atoms with van der Waals surface area (Å²) >= 11 is 0. The van der Waals surface area contributed by atoms with Crippen molar-refractivity contribution in [1.29, 1.82) is 0 Å². The van der Waals surface area contributed by atoms with Crippen molar-refractivity contribution in [2.24, 2.45) is 0 Å². The molecule has 1 aromatic heterocycles. The highest BCUT2D eigenvalue weighted by atomic mass is 32.2. The zero-order chi connectivity index (χ0) is 14.9. The Morgan fingerprint density at radius 2 is 1.75 bits per heavy atom. The lowest BCUT2D eigenvalue weighted by atomic mass is 10.1. The van der Waals surface area contributed by atoms with Gasteiger partial charge in [0.05, 0.1) is 11.4 Å². The minimum atomic E-state index is -3.49. The summed E-state index contributed by atoms with van der Waals surface area (Å²) in [6.45, 7) is 5.93. The molecule has 4 nitrogen and oxygen atoms in total. The van der Waals surface area contributed by atoms with E-state index in [4.69, 9.17) is 4.42 Å². The summed E-state index contributed by atoms with van der Waals surface area (Å²) in [5, 5.41) is 0. The quantitative estimate of drug-likeness (QED) is 0.870. The molecule has 20 heavy (non-hydrogen) atoms. The Labute approximate surface area is 120 Å². The molecule has 0 saturated heterocycles. The van der Waals surface area contributed by atoms with Gasteiger partial charge in [-0.1, -0.05) is 6.07 Å². The van der Waals surface area contributed by atoms with Crippen molar-refractivity contribution in [2.45, 2.75) is 32.2 Å². The highest BCUT2D eigenvalue weighted by Crippen LogP contribution is 2.20. The van der Waals surface area contributed by atoms with Crippen LogP contribution in [0, 0.1) is 20.8 Å². The van der Waals surface area contributed by atoms with E-state index in [9.17, 15) is 8.42 Å². The Morgan fingerprint density at radius 1 is 1.05 bits per heavy atom. The molecule has 0 aliphatic rings. The maximum absolute atomic E-state index is 12.5. The second kappa shape index (κ2) is 5.42. The van der Waals surface area contributed by atoms with Crippen LogP contribution in [0.3, 0.4) is 0 Å². The third-order valence-electron chi connectivity index (χ3n) is 3.36. The van der Waals surface area contributed by atoms with Gasteiger partial charge in [0.15, 0.2) is 0 Å². The van der Waals surface area contributed by atoms with E-state index >= 15 is 0 Å². The smallest absolute Gasteiger partial charge is 0.243 e. The van der Waals surface area contributed by atoms with Crippen molar-refractivity contribution in [1.82, 2.24) is 4.31 Å². The normalized spacial score (nSPS) is 12.1. The predicted molar refractivity (Wildman–Crippen MR) is 78.0 cm³/mol. The Morgan fingerprint density at radius 3 is 2.30 bits per heavy atom. The zero-order valence-electron chi connectivity index (χ0n) is 12.2. The number of hydrogen-bond acceptors (Lipinski definition) is 3. The van der Waals surface area contributed by atoms with Gasteiger partial charge in [-0.15, -0.1) is 0 Å². The molecule has 0 atom stereocenters. The van der Waals surface area contributed by atoms with Crippen molar-refractivity contribution in [3.63, 3.8) is 0 Å². The first kappa shape index (κ1) is 14.8. The average molecular weight is 293 g/mol. The van der Waals surface area contributed by atoms with Crippen molar-refractivity contribution in [3.05, 3.63) is 53.0 Å². The Kier molecular flexibility index (Phi) is 4.01. The van der Waals surface area contributed by atoms with Crippen LogP contribution in [0.4, 0.5) is 0 Å². The molecule has 0 aliphatic carbocycles. The molecule has 0 fully saturated rings. The molecule has 0 N–H and O–H groups in total. The maximum Gasteiger partial charge on any atom is 0.243 e. The lowest BCUT2D eigenvalue weighted by molar-refractivity contribution is 0.397. The molecule has 108 valence electrons. The van der Waals surface area contributed by atoms with Crippen LogP contribution in [0.5, 0.6) is 0 Å². The number of aryl methyl sites for hydroxylation is 3. The van der Waals surface area contributed by atoms with E-state index in [0.717, 1.165) is 16.9 Å². The van der Waals surface area contributed by atoms with Crippen molar-refractivity contribution in [2.75, 3.05) is 7.05 Å². The Hall–Kier alpha value is -1.59. The molecule has 2 rings (SSSR count). The minimum Gasteiger partial charge on any atom is -0.465 e. The van der Waals surface area contributed by atoms with Crippen molar-refractivity contribution in [3.8, 4) is 0 Å². The molecule has 1 heterocycles. The van der Waals surface area contributed by atoms with Crippen LogP contribution in [0.25, 0.3) is 0 Å². The van der Waals surface area contributed by atoms with Crippen LogP contribution < -0.4 is 0 Å². The number of sulfonamides is 1. The first-order chi connectivity index (χ1) is 9.30. The standard InChI is InChI=1S/C15H19NO3S/c1-11-5-8-15(9-12(11)2)20(17,18)16(4)10-14-7-6-13(3)19-14/h5-9H,10H2,1-4H3. The molecular formula is C15H19NO3S. The van der Waals surface area contributed by atoms with Gasteiger partial charge in [0, 0.05) is 7.05 Å². The largest absolute Gasteiger partial charge is 0.465 e. The van der Waals surface area contributed by atoms with Crippen molar-refractivity contribution >= 4 is 10.0 Å². The summed E-state index contributed by atoms with van der Waals surface area (Å²) in [4.78, 5) is 0.311. The SMILES string of the molecule is Cc1ccc(CN(C)S(=O)(=O)c2ccc(C)c(C)c2)o1. The number of rotatable bonds is 4. The maximum atomic E-state index is 12.5. The van der Waals surface area contributed by atoms with E-state index in [0.29, 0.717) is 10.7 Å². The van der Waals surface area contributed by atoms with Crippen LogP contribution in [0.2, 0.25) is 0 Å². The number of hydrogen-bond donors (Lipinski definition) is 0. The van der Waals surface area contributed by atoms with Gasteiger partial charge in [-0.25, -0.2) is 8.42 Å². The second-order valence-electron chi connectivity index (χ2n) is 5.02. The van der Waals surface area contributed by atoms with Gasteiger partial charge < -0.3 is 4.42 Å². The van der Waals surface area contributed by atoms with Gasteiger partial charge in [-0.3, -0.25) is 0 Å². The summed E-state index contributed by atoms with van der Waals surface area (Å²) in [7, 11) is -1.94. The molecule has 0 unspecified atom stereocenters. The lowest BCUT2D eigenvalue weighted by Gasteiger charge is -2.16. The van der Waals surface area contributed by atoms with Crippen LogP contribution >= 0.6 is 0 Å². The monoisotopic (exact) mass is 293 g/mol. The first-order valence-corrected chi connectivity index (χ1v) is 7.83. The molecule has 1 aromatic carbocycles. The Bertz CT molecular complexity index is 716. The molecule has 2 aromatic rings. The summed E-state index contributed by atoms with van der Waals surface area (Å²) < 4.78 is 31.7. The summed E-state index contributed by atoms with van der Waals surface area (Å²) in [5.41, 5.74) is 2.04. The Balaban J connectivity index is 2.27. The molecule has 0 bridgehead atoms. The minimum absolute atomic E-state index is 0.225. The second-order valence-corrected chi connectivity index (χ2v) is 7.06. The van der Waals surface area contributed by atoms with Crippen molar-refractivity contribution < 1.29 is 12.8 Å². The highest BCUT2D eigenvalue weighted by Gasteiger charge is 2.22. The molecular weight excluding hydrogens is 274 g/mol. The molecule has 0 amide bonds. The van der Waals surface area contributed by atoms with E-state index in [-0.39, 0.29) is 6.54 Å². The van der Waals surface area contributed by atoms with E-state index < -0.39 is 10.0 Å². The van der Waals surface area contributed by atoms with Gasteiger partial charge >= 0.3 is 0 Å². The van der Waals surface area contributed by atoms with Crippen LogP contribution in [0.15, 0.2) is 39.6 Å². The molecule has 0 aliphatic heterocycles. The first-order valence-electron chi connectivity index (χ1n) is 6.39. The molecule has 5 heteroatoms. The summed E-state index contributed by atoms with van der Waals surface area (Å²) in [6.07, 6.45) is 0. The predicted octanol–water partition coefficient (Wildman–Crippen LogP) is 3.03. The van der Waals surface area contributed by atoms with E-state index in [1.807, 2.05) is 32.9 Å². The zero-order valence-corrected chi connectivity index (χ0v) is 13.0. The summed E-state index contributed by atoms with van der Waals surface area (Å²) in [6, 6.07) is 8.79. The van der Waals surface area contributed by atoms with Gasteiger partial charge in [-0.2, -0.15) is 4.31 Å². The summed E-state index contributed by atoms with van der Waals surface area (Å²) in [5.74, 6) is 1.41. The molecule has 0 saturated carbocycles. The third-order valence-corrected chi connectivity index (χ3v) is 5.16. The number of furan rings is 1.